The Morgan fingerprint density at radius 1 is 1.38 bits per heavy atom. The lowest BCUT2D eigenvalue weighted by atomic mass is 9.92. The second kappa shape index (κ2) is 7.40. The molecular formula is C17H28N2O5. The molecule has 1 amide bonds. The molecule has 0 unspecified atom stereocenters. The number of oxime groups is 1. The van der Waals surface area contributed by atoms with Crippen molar-refractivity contribution in [3.05, 3.63) is 0 Å². The van der Waals surface area contributed by atoms with E-state index < -0.39 is 17.6 Å². The zero-order chi connectivity index (χ0) is 17.9. The lowest BCUT2D eigenvalue weighted by Gasteiger charge is -2.24. The number of carbonyl (C=O) groups is 2. The number of unbranched alkanes of at least 4 members (excludes halogenated alkanes) is 1. The summed E-state index contributed by atoms with van der Waals surface area (Å²) in [5.41, 5.74) is 0.337. The van der Waals surface area contributed by atoms with E-state index in [1.54, 1.807) is 0 Å². The number of amides is 1. The van der Waals surface area contributed by atoms with Crippen LogP contribution >= 0.6 is 0 Å². The van der Waals surface area contributed by atoms with Gasteiger partial charge >= 0.3 is 12.1 Å². The molecule has 2 aliphatic rings. The fraction of sp³-hybridized carbons (Fsp3) is 0.824. The molecule has 1 heterocycles. The first-order chi connectivity index (χ1) is 11.3. The van der Waals surface area contributed by atoms with E-state index in [1.165, 1.54) is 7.11 Å². The second-order valence-corrected chi connectivity index (χ2v) is 7.40. The maximum atomic E-state index is 12.1. The van der Waals surface area contributed by atoms with Crippen LogP contribution in [0.25, 0.3) is 0 Å². The van der Waals surface area contributed by atoms with Crippen molar-refractivity contribution in [2.45, 2.75) is 71.1 Å². The zero-order valence-electron chi connectivity index (χ0n) is 15.1. The Kier molecular flexibility index (Phi) is 5.72. The fourth-order valence-electron chi connectivity index (χ4n) is 3.34. The highest BCUT2D eigenvalue weighted by Gasteiger charge is 2.54. The molecule has 7 nitrogen and oxygen atoms in total. The largest absolute Gasteiger partial charge is 0.469 e. The van der Waals surface area contributed by atoms with E-state index >= 15 is 0 Å². The zero-order valence-corrected chi connectivity index (χ0v) is 15.1. The molecule has 1 saturated carbocycles. The van der Waals surface area contributed by atoms with E-state index in [9.17, 15) is 9.59 Å². The predicted molar refractivity (Wildman–Crippen MR) is 88.6 cm³/mol. The maximum Gasteiger partial charge on any atom is 0.407 e. The lowest BCUT2D eigenvalue weighted by Crippen LogP contribution is -2.43. The van der Waals surface area contributed by atoms with Crippen molar-refractivity contribution in [1.82, 2.24) is 5.32 Å². The number of hydrogen-bond acceptors (Lipinski definition) is 6. The van der Waals surface area contributed by atoms with E-state index in [-0.39, 0.29) is 24.0 Å². The minimum atomic E-state index is -0.574. The molecule has 1 N–H and O–H groups in total. The van der Waals surface area contributed by atoms with Crippen LogP contribution in [0.3, 0.4) is 0 Å². The minimum Gasteiger partial charge on any atom is -0.469 e. The summed E-state index contributed by atoms with van der Waals surface area (Å²) in [4.78, 5) is 29.7. The van der Waals surface area contributed by atoms with Crippen LogP contribution < -0.4 is 5.32 Å². The van der Waals surface area contributed by atoms with Gasteiger partial charge in [0.1, 0.15) is 5.60 Å². The third-order valence-corrected chi connectivity index (χ3v) is 4.36. The SMILES string of the molecule is CCCCC1=NO[C@H]2[C@@H]1[C@H](NC(=O)OC(C)(C)C)C[C@@H]2C(=O)OC. The summed E-state index contributed by atoms with van der Waals surface area (Å²) in [6.45, 7) is 7.55. The average molecular weight is 340 g/mol. The summed E-state index contributed by atoms with van der Waals surface area (Å²) in [6, 6.07) is -0.243. The first-order valence-electron chi connectivity index (χ1n) is 8.56. The van der Waals surface area contributed by atoms with E-state index in [2.05, 4.69) is 17.4 Å². The number of alkyl carbamates (subject to hydrolysis) is 1. The van der Waals surface area contributed by atoms with Crippen molar-refractivity contribution in [1.29, 1.82) is 0 Å². The van der Waals surface area contributed by atoms with Crippen molar-refractivity contribution in [2.75, 3.05) is 7.11 Å². The predicted octanol–water partition coefficient (Wildman–Crippen LogP) is 2.63. The number of nitrogens with zero attached hydrogens (tertiary/aromatic N) is 1. The number of carbonyl (C=O) groups excluding carboxylic acids is 2. The number of rotatable bonds is 5. The van der Waals surface area contributed by atoms with Gasteiger partial charge in [-0.1, -0.05) is 18.5 Å². The summed E-state index contributed by atoms with van der Waals surface area (Å²) >= 11 is 0. The van der Waals surface area contributed by atoms with Crippen molar-refractivity contribution in [3.63, 3.8) is 0 Å². The molecule has 1 aliphatic carbocycles. The highest BCUT2D eigenvalue weighted by molar-refractivity contribution is 5.91. The Morgan fingerprint density at radius 3 is 2.67 bits per heavy atom. The van der Waals surface area contributed by atoms with Crippen molar-refractivity contribution >= 4 is 17.8 Å². The number of ether oxygens (including phenoxy) is 2. The highest BCUT2D eigenvalue weighted by atomic mass is 16.6. The van der Waals surface area contributed by atoms with Gasteiger partial charge in [0, 0.05) is 6.04 Å². The Hall–Kier alpha value is -1.79. The van der Waals surface area contributed by atoms with Gasteiger partial charge in [-0.2, -0.15) is 0 Å². The second-order valence-electron chi connectivity index (χ2n) is 7.40. The third-order valence-electron chi connectivity index (χ3n) is 4.36. The Bertz CT molecular complexity index is 512. The van der Waals surface area contributed by atoms with Gasteiger partial charge in [0.2, 0.25) is 0 Å². The molecule has 7 heteroatoms. The summed E-state index contributed by atoms with van der Waals surface area (Å²) < 4.78 is 10.2. The van der Waals surface area contributed by atoms with Gasteiger partial charge in [-0.25, -0.2) is 4.79 Å². The fourth-order valence-corrected chi connectivity index (χ4v) is 3.34. The molecule has 0 spiro atoms. The first kappa shape index (κ1) is 18.5. The van der Waals surface area contributed by atoms with Crippen LogP contribution in [0, 0.1) is 11.8 Å². The first-order valence-corrected chi connectivity index (χ1v) is 8.56. The Labute approximate surface area is 143 Å². The maximum absolute atomic E-state index is 12.1. The molecule has 1 aliphatic heterocycles. The number of esters is 1. The molecule has 136 valence electrons. The van der Waals surface area contributed by atoms with Crippen LogP contribution in [0.1, 0.15) is 53.4 Å². The van der Waals surface area contributed by atoms with E-state index in [1.807, 2.05) is 20.8 Å². The molecule has 4 atom stereocenters. The summed E-state index contributed by atoms with van der Waals surface area (Å²) in [7, 11) is 1.36. The van der Waals surface area contributed by atoms with Gasteiger partial charge in [0.25, 0.3) is 0 Å². The van der Waals surface area contributed by atoms with Crippen molar-refractivity contribution in [2.24, 2.45) is 17.0 Å². The number of fused-ring (bicyclic) bond motifs is 1. The molecule has 1 fully saturated rings. The van der Waals surface area contributed by atoms with Gasteiger partial charge in [-0.3, -0.25) is 4.79 Å². The Balaban J connectivity index is 2.11. The molecule has 24 heavy (non-hydrogen) atoms. The molecule has 0 bridgehead atoms. The van der Waals surface area contributed by atoms with Crippen LogP contribution in [0.15, 0.2) is 5.16 Å². The van der Waals surface area contributed by atoms with Crippen LogP contribution in [-0.2, 0) is 19.1 Å². The molecule has 0 radical (unpaired) electrons. The number of methoxy groups -OCH3 is 1. The molecule has 2 rings (SSSR count). The quantitative estimate of drug-likeness (QED) is 0.778. The average Bonchev–Trinajstić information content (AvgIpc) is 3.04. The summed E-state index contributed by atoms with van der Waals surface area (Å²) in [5, 5.41) is 7.07. The topological polar surface area (TPSA) is 86.2 Å². The normalized spacial score (nSPS) is 28.6. The van der Waals surface area contributed by atoms with E-state index in [0.29, 0.717) is 6.42 Å². The van der Waals surface area contributed by atoms with Gasteiger partial charge in [-0.15, -0.1) is 0 Å². The lowest BCUT2D eigenvalue weighted by molar-refractivity contribution is -0.149. The smallest absolute Gasteiger partial charge is 0.407 e. The molecule has 0 aromatic heterocycles. The standard InChI is InChI=1S/C17H28N2O5/c1-6-7-8-11-13-12(18-16(21)23-17(2,3)4)9-10(15(20)22-5)14(13)24-19-11/h10,12-14H,6-9H2,1-5H3,(H,18,21)/t10-,12+,13-,14+/m0/s1. The van der Waals surface area contributed by atoms with Gasteiger partial charge < -0.3 is 19.6 Å². The van der Waals surface area contributed by atoms with E-state index in [0.717, 1.165) is 25.0 Å². The van der Waals surface area contributed by atoms with Crippen LogP contribution in [0.5, 0.6) is 0 Å². The highest BCUT2D eigenvalue weighted by Crippen LogP contribution is 2.40. The Morgan fingerprint density at radius 2 is 2.08 bits per heavy atom. The van der Waals surface area contributed by atoms with Crippen LogP contribution in [0.4, 0.5) is 4.79 Å². The minimum absolute atomic E-state index is 0.104. The van der Waals surface area contributed by atoms with Crippen molar-refractivity contribution < 1.29 is 23.9 Å². The van der Waals surface area contributed by atoms with Gasteiger partial charge in [-0.05, 0) is 40.0 Å². The van der Waals surface area contributed by atoms with Gasteiger partial charge in [0.05, 0.1) is 24.7 Å². The summed E-state index contributed by atoms with van der Waals surface area (Å²) in [6.07, 6.45) is 2.45. The van der Waals surface area contributed by atoms with Crippen LogP contribution in [-0.4, -0.2) is 42.6 Å². The van der Waals surface area contributed by atoms with Crippen LogP contribution in [0.2, 0.25) is 0 Å². The number of nitrogens with one attached hydrogen (secondary N) is 1. The molecular weight excluding hydrogens is 312 g/mol. The molecule has 0 saturated heterocycles. The van der Waals surface area contributed by atoms with Crippen molar-refractivity contribution in [3.8, 4) is 0 Å². The third kappa shape index (κ3) is 4.19. The summed E-state index contributed by atoms with van der Waals surface area (Å²) in [5.74, 6) is -0.860. The van der Waals surface area contributed by atoms with E-state index in [4.69, 9.17) is 14.3 Å². The monoisotopic (exact) mass is 340 g/mol. The number of hydrogen-bond donors (Lipinski definition) is 1. The molecule has 0 aromatic rings. The molecule has 0 aromatic carbocycles. The van der Waals surface area contributed by atoms with Gasteiger partial charge in [0.15, 0.2) is 6.10 Å².